The fraction of sp³-hybridized carbons (Fsp3) is 0.600. The second-order valence-corrected chi connectivity index (χ2v) is 5.11. The van der Waals surface area contributed by atoms with Gasteiger partial charge in [0.05, 0.1) is 13.2 Å². The normalized spacial score (nSPS) is 14.1. The molecule has 0 radical (unpaired) electrons. The molecule has 5 nitrogen and oxygen atoms in total. The van der Waals surface area contributed by atoms with E-state index in [9.17, 15) is 10.2 Å². The molecule has 1 aromatic carbocycles. The molecule has 0 spiro atoms. The number of nitrogens with one attached hydrogen (secondary N) is 1. The van der Waals surface area contributed by atoms with E-state index in [0.29, 0.717) is 18.8 Å². The first kappa shape index (κ1) is 16.8. The molecule has 2 unspecified atom stereocenters. The van der Waals surface area contributed by atoms with E-state index in [-0.39, 0.29) is 12.5 Å². The third kappa shape index (κ3) is 6.23. The van der Waals surface area contributed by atoms with Crippen LogP contribution in [0.25, 0.3) is 0 Å². The van der Waals surface area contributed by atoms with Crippen LogP contribution in [0.5, 0.6) is 11.5 Å². The third-order valence-corrected chi connectivity index (χ3v) is 3.00. The summed E-state index contributed by atoms with van der Waals surface area (Å²) in [6, 6.07) is 7.20. The monoisotopic (exact) mass is 283 g/mol. The van der Waals surface area contributed by atoms with Crippen LogP contribution >= 0.6 is 0 Å². The molecular formula is C15H25NO4. The highest BCUT2D eigenvalue weighted by Crippen LogP contribution is 2.16. The fourth-order valence-electron chi connectivity index (χ4n) is 1.56. The molecule has 0 amide bonds. The van der Waals surface area contributed by atoms with Crippen LogP contribution in [0.4, 0.5) is 0 Å². The summed E-state index contributed by atoms with van der Waals surface area (Å²) in [7, 11) is 1.61. The minimum atomic E-state index is -0.614. The van der Waals surface area contributed by atoms with Gasteiger partial charge in [0.15, 0.2) is 0 Å². The quantitative estimate of drug-likeness (QED) is 0.632. The Balaban J connectivity index is 2.20. The van der Waals surface area contributed by atoms with Crippen LogP contribution in [-0.2, 0) is 0 Å². The van der Waals surface area contributed by atoms with Gasteiger partial charge in [-0.2, -0.15) is 0 Å². The van der Waals surface area contributed by atoms with E-state index in [1.165, 1.54) is 0 Å². The summed E-state index contributed by atoms with van der Waals surface area (Å²) < 4.78 is 10.5. The Hall–Kier alpha value is -1.30. The molecule has 0 fully saturated rings. The average molecular weight is 283 g/mol. The van der Waals surface area contributed by atoms with Crippen LogP contribution in [0.2, 0.25) is 0 Å². The zero-order chi connectivity index (χ0) is 15.0. The standard InChI is InChI=1S/C15H25NO4/c1-11(2)15(18)9-16-8-12(17)10-20-14-6-4-13(19-3)5-7-14/h4-7,11-12,15-18H,8-10H2,1-3H3. The maximum absolute atomic E-state index is 9.77. The molecule has 0 aliphatic heterocycles. The van der Waals surface area contributed by atoms with Gasteiger partial charge in [-0.1, -0.05) is 13.8 Å². The van der Waals surface area contributed by atoms with Gasteiger partial charge in [0, 0.05) is 13.1 Å². The Bertz CT molecular complexity index is 367. The van der Waals surface area contributed by atoms with Crippen molar-refractivity contribution >= 4 is 0 Å². The number of rotatable bonds is 9. The zero-order valence-electron chi connectivity index (χ0n) is 12.4. The van der Waals surface area contributed by atoms with Gasteiger partial charge in [-0.3, -0.25) is 0 Å². The van der Waals surface area contributed by atoms with Crippen LogP contribution < -0.4 is 14.8 Å². The van der Waals surface area contributed by atoms with Gasteiger partial charge in [-0.15, -0.1) is 0 Å². The van der Waals surface area contributed by atoms with Crippen molar-refractivity contribution in [2.75, 3.05) is 26.8 Å². The molecule has 0 heterocycles. The van der Waals surface area contributed by atoms with Crippen molar-refractivity contribution in [1.29, 1.82) is 0 Å². The second kappa shape index (κ2) is 8.79. The Morgan fingerprint density at radius 3 is 2.20 bits per heavy atom. The highest BCUT2D eigenvalue weighted by molar-refractivity contribution is 5.31. The Morgan fingerprint density at radius 1 is 1.05 bits per heavy atom. The number of ether oxygens (including phenoxy) is 2. The smallest absolute Gasteiger partial charge is 0.119 e. The van der Waals surface area contributed by atoms with Crippen molar-refractivity contribution in [2.45, 2.75) is 26.1 Å². The first-order valence-electron chi connectivity index (χ1n) is 6.86. The van der Waals surface area contributed by atoms with E-state index in [4.69, 9.17) is 9.47 Å². The molecule has 3 N–H and O–H groups in total. The van der Waals surface area contributed by atoms with E-state index in [1.807, 2.05) is 13.8 Å². The molecule has 0 saturated carbocycles. The highest BCUT2D eigenvalue weighted by Gasteiger charge is 2.10. The van der Waals surface area contributed by atoms with Crippen molar-refractivity contribution < 1.29 is 19.7 Å². The maximum Gasteiger partial charge on any atom is 0.119 e. The lowest BCUT2D eigenvalue weighted by Gasteiger charge is -2.17. The van der Waals surface area contributed by atoms with Crippen LogP contribution in [0, 0.1) is 5.92 Å². The van der Waals surface area contributed by atoms with Crippen molar-refractivity contribution in [2.24, 2.45) is 5.92 Å². The minimum absolute atomic E-state index is 0.204. The predicted octanol–water partition coefficient (Wildman–Crippen LogP) is 1.04. The summed E-state index contributed by atoms with van der Waals surface area (Å²) in [6.45, 7) is 4.97. The lowest BCUT2D eigenvalue weighted by atomic mass is 10.1. The van der Waals surface area contributed by atoms with Crippen LogP contribution in [-0.4, -0.2) is 49.2 Å². The summed E-state index contributed by atoms with van der Waals surface area (Å²) in [5.74, 6) is 1.66. The van der Waals surface area contributed by atoms with Crippen molar-refractivity contribution in [3.05, 3.63) is 24.3 Å². The summed E-state index contributed by atoms with van der Waals surface area (Å²) in [5, 5.41) is 22.4. The fourth-order valence-corrected chi connectivity index (χ4v) is 1.56. The zero-order valence-corrected chi connectivity index (χ0v) is 12.4. The van der Waals surface area contributed by atoms with Crippen LogP contribution in [0.1, 0.15) is 13.8 Å². The van der Waals surface area contributed by atoms with Gasteiger partial charge in [0.1, 0.15) is 24.2 Å². The van der Waals surface area contributed by atoms with Gasteiger partial charge in [0.2, 0.25) is 0 Å². The van der Waals surface area contributed by atoms with Gasteiger partial charge in [0.25, 0.3) is 0 Å². The van der Waals surface area contributed by atoms with Crippen molar-refractivity contribution in [3.8, 4) is 11.5 Å². The van der Waals surface area contributed by atoms with E-state index in [2.05, 4.69) is 5.32 Å². The molecule has 0 aliphatic carbocycles. The van der Waals surface area contributed by atoms with E-state index in [1.54, 1.807) is 31.4 Å². The first-order chi connectivity index (χ1) is 9.52. The minimum Gasteiger partial charge on any atom is -0.497 e. The molecule has 0 saturated heterocycles. The van der Waals surface area contributed by atoms with Gasteiger partial charge in [-0.05, 0) is 30.2 Å². The predicted molar refractivity (Wildman–Crippen MR) is 78.2 cm³/mol. The Kier molecular flexibility index (Phi) is 7.36. The largest absolute Gasteiger partial charge is 0.497 e. The number of methoxy groups -OCH3 is 1. The summed E-state index contributed by atoms with van der Waals surface area (Å²) in [5.41, 5.74) is 0. The van der Waals surface area contributed by atoms with Gasteiger partial charge in [-0.25, -0.2) is 0 Å². The number of benzene rings is 1. The number of aliphatic hydroxyl groups excluding tert-OH is 2. The molecule has 114 valence electrons. The van der Waals surface area contributed by atoms with Gasteiger partial charge >= 0.3 is 0 Å². The van der Waals surface area contributed by atoms with Crippen molar-refractivity contribution in [3.63, 3.8) is 0 Å². The molecule has 0 aromatic heterocycles. The lowest BCUT2D eigenvalue weighted by molar-refractivity contribution is 0.0908. The van der Waals surface area contributed by atoms with E-state index >= 15 is 0 Å². The van der Waals surface area contributed by atoms with E-state index < -0.39 is 12.2 Å². The Morgan fingerprint density at radius 2 is 1.65 bits per heavy atom. The average Bonchev–Trinajstić information content (AvgIpc) is 2.45. The highest BCUT2D eigenvalue weighted by atomic mass is 16.5. The molecule has 20 heavy (non-hydrogen) atoms. The SMILES string of the molecule is COc1ccc(OCC(O)CNCC(O)C(C)C)cc1. The summed E-state index contributed by atoms with van der Waals surface area (Å²) in [6.07, 6.45) is -1.01. The summed E-state index contributed by atoms with van der Waals surface area (Å²) in [4.78, 5) is 0. The Labute approximate surface area is 120 Å². The topological polar surface area (TPSA) is 71.0 Å². The number of aliphatic hydroxyl groups is 2. The number of hydrogen-bond acceptors (Lipinski definition) is 5. The van der Waals surface area contributed by atoms with Crippen LogP contribution in [0.3, 0.4) is 0 Å². The molecule has 5 heteroatoms. The number of hydrogen-bond donors (Lipinski definition) is 3. The molecule has 1 aromatic rings. The van der Waals surface area contributed by atoms with E-state index in [0.717, 1.165) is 5.75 Å². The molecule has 2 atom stereocenters. The van der Waals surface area contributed by atoms with Crippen LogP contribution in [0.15, 0.2) is 24.3 Å². The molecule has 0 bridgehead atoms. The van der Waals surface area contributed by atoms with Gasteiger partial charge < -0.3 is 25.0 Å². The third-order valence-electron chi connectivity index (χ3n) is 3.00. The molecule has 1 rings (SSSR count). The second-order valence-electron chi connectivity index (χ2n) is 5.11. The first-order valence-corrected chi connectivity index (χ1v) is 6.86. The van der Waals surface area contributed by atoms with Crippen molar-refractivity contribution in [1.82, 2.24) is 5.32 Å². The lowest BCUT2D eigenvalue weighted by Crippen LogP contribution is -2.37. The molecular weight excluding hydrogens is 258 g/mol. The molecule has 0 aliphatic rings. The maximum atomic E-state index is 9.77. The summed E-state index contributed by atoms with van der Waals surface area (Å²) >= 11 is 0.